The zero-order valence-electron chi connectivity index (χ0n) is 13.0. The summed E-state index contributed by atoms with van der Waals surface area (Å²) >= 11 is 0. The van der Waals surface area contributed by atoms with Crippen LogP contribution in [0.25, 0.3) is 0 Å². The minimum Gasteiger partial charge on any atom is -0.490 e. The van der Waals surface area contributed by atoms with E-state index in [1.54, 1.807) is 6.07 Å². The molecule has 0 aliphatic carbocycles. The predicted octanol–water partition coefficient (Wildman–Crippen LogP) is 2.70. The zero-order chi connectivity index (χ0) is 15.6. The van der Waals surface area contributed by atoms with Gasteiger partial charge in [0.05, 0.1) is 24.9 Å². The van der Waals surface area contributed by atoms with E-state index in [1.165, 1.54) is 7.11 Å². The SMILES string of the molecule is COC(=O)c1cc(OC2CC(C)OC(C)C2)cc(C)c1N. The molecule has 2 N–H and O–H groups in total. The Morgan fingerprint density at radius 3 is 2.48 bits per heavy atom. The lowest BCUT2D eigenvalue weighted by atomic mass is 10.0. The molecule has 5 heteroatoms. The summed E-state index contributed by atoms with van der Waals surface area (Å²) in [5, 5.41) is 0. The summed E-state index contributed by atoms with van der Waals surface area (Å²) in [5.41, 5.74) is 7.52. The van der Waals surface area contributed by atoms with Gasteiger partial charge in [0.15, 0.2) is 0 Å². The van der Waals surface area contributed by atoms with Crippen molar-refractivity contribution in [1.29, 1.82) is 0 Å². The molecule has 1 fully saturated rings. The van der Waals surface area contributed by atoms with Gasteiger partial charge in [0.2, 0.25) is 0 Å². The smallest absolute Gasteiger partial charge is 0.340 e. The Balaban J connectivity index is 2.20. The highest BCUT2D eigenvalue weighted by Crippen LogP contribution is 2.29. The largest absolute Gasteiger partial charge is 0.490 e. The monoisotopic (exact) mass is 293 g/mol. The van der Waals surface area contributed by atoms with E-state index in [0.717, 1.165) is 18.4 Å². The molecule has 1 aromatic carbocycles. The van der Waals surface area contributed by atoms with E-state index in [0.29, 0.717) is 17.0 Å². The molecule has 2 rings (SSSR count). The number of aryl methyl sites for hydroxylation is 1. The van der Waals surface area contributed by atoms with Gasteiger partial charge in [-0.05, 0) is 38.5 Å². The highest BCUT2D eigenvalue weighted by molar-refractivity contribution is 5.96. The summed E-state index contributed by atoms with van der Waals surface area (Å²) in [6, 6.07) is 3.51. The van der Waals surface area contributed by atoms with Crippen molar-refractivity contribution in [3.8, 4) is 5.75 Å². The Morgan fingerprint density at radius 1 is 1.29 bits per heavy atom. The van der Waals surface area contributed by atoms with Gasteiger partial charge in [0.25, 0.3) is 0 Å². The summed E-state index contributed by atoms with van der Waals surface area (Å²) in [4.78, 5) is 11.8. The van der Waals surface area contributed by atoms with Crippen molar-refractivity contribution in [2.45, 2.75) is 51.9 Å². The van der Waals surface area contributed by atoms with Crippen molar-refractivity contribution in [3.05, 3.63) is 23.3 Å². The molecular formula is C16H23NO4. The standard InChI is InChI=1S/C16H23NO4/c1-9-5-12(8-14(15(9)17)16(18)19-4)21-13-6-10(2)20-11(3)7-13/h5,8,10-11,13H,6-7,17H2,1-4H3. The van der Waals surface area contributed by atoms with E-state index >= 15 is 0 Å². The molecule has 0 bridgehead atoms. The van der Waals surface area contributed by atoms with Gasteiger partial charge in [-0.2, -0.15) is 0 Å². The molecule has 5 nitrogen and oxygen atoms in total. The maximum absolute atomic E-state index is 11.8. The minimum atomic E-state index is -0.449. The number of methoxy groups -OCH3 is 1. The van der Waals surface area contributed by atoms with Crippen molar-refractivity contribution in [3.63, 3.8) is 0 Å². The summed E-state index contributed by atoms with van der Waals surface area (Å²) in [5.74, 6) is 0.197. The summed E-state index contributed by atoms with van der Waals surface area (Å²) in [6.07, 6.45) is 2.10. The van der Waals surface area contributed by atoms with Gasteiger partial charge in [-0.1, -0.05) is 0 Å². The van der Waals surface area contributed by atoms with Crippen LogP contribution >= 0.6 is 0 Å². The number of nitrogens with two attached hydrogens (primary N) is 1. The summed E-state index contributed by atoms with van der Waals surface area (Å²) in [7, 11) is 1.34. The van der Waals surface area contributed by atoms with Crippen LogP contribution in [-0.2, 0) is 9.47 Å². The maximum atomic E-state index is 11.8. The van der Waals surface area contributed by atoms with Crippen LogP contribution < -0.4 is 10.5 Å². The highest BCUT2D eigenvalue weighted by atomic mass is 16.5. The Kier molecular flexibility index (Phi) is 4.73. The van der Waals surface area contributed by atoms with Crippen LogP contribution in [0.15, 0.2) is 12.1 Å². The van der Waals surface area contributed by atoms with Crippen LogP contribution in [0.1, 0.15) is 42.6 Å². The van der Waals surface area contributed by atoms with Gasteiger partial charge in [0.1, 0.15) is 11.9 Å². The molecule has 2 atom stereocenters. The fraction of sp³-hybridized carbons (Fsp3) is 0.562. The molecule has 0 saturated carbocycles. The first-order chi connectivity index (χ1) is 9.90. The maximum Gasteiger partial charge on any atom is 0.340 e. The predicted molar refractivity (Wildman–Crippen MR) is 80.6 cm³/mol. The molecule has 0 spiro atoms. The van der Waals surface area contributed by atoms with E-state index in [-0.39, 0.29) is 18.3 Å². The molecule has 1 heterocycles. The van der Waals surface area contributed by atoms with Crippen LogP contribution in [-0.4, -0.2) is 31.4 Å². The second kappa shape index (κ2) is 6.35. The first kappa shape index (κ1) is 15.6. The second-order valence-corrected chi connectivity index (χ2v) is 5.66. The number of rotatable bonds is 3. The van der Waals surface area contributed by atoms with E-state index in [9.17, 15) is 4.79 Å². The molecule has 21 heavy (non-hydrogen) atoms. The van der Waals surface area contributed by atoms with Crippen molar-refractivity contribution in [1.82, 2.24) is 0 Å². The topological polar surface area (TPSA) is 70.8 Å². The van der Waals surface area contributed by atoms with Crippen LogP contribution in [0.5, 0.6) is 5.75 Å². The molecule has 1 aromatic rings. The number of hydrogen-bond acceptors (Lipinski definition) is 5. The molecule has 116 valence electrons. The number of carbonyl (C=O) groups is 1. The lowest BCUT2D eigenvalue weighted by Gasteiger charge is -2.32. The molecule has 1 saturated heterocycles. The molecule has 0 aromatic heterocycles. The Morgan fingerprint density at radius 2 is 1.90 bits per heavy atom. The van der Waals surface area contributed by atoms with Crippen LogP contribution in [0.4, 0.5) is 5.69 Å². The minimum absolute atomic E-state index is 0.0808. The Hall–Kier alpha value is -1.75. The number of anilines is 1. The van der Waals surface area contributed by atoms with Gasteiger partial charge >= 0.3 is 5.97 Å². The number of nitrogen functional groups attached to an aromatic ring is 1. The summed E-state index contributed by atoms with van der Waals surface area (Å²) in [6.45, 7) is 5.93. The molecule has 0 radical (unpaired) electrons. The second-order valence-electron chi connectivity index (χ2n) is 5.66. The Labute approximate surface area is 125 Å². The zero-order valence-corrected chi connectivity index (χ0v) is 13.0. The van der Waals surface area contributed by atoms with Crippen molar-refractivity contribution in [2.75, 3.05) is 12.8 Å². The lowest BCUT2D eigenvalue weighted by molar-refractivity contribution is -0.0721. The number of carbonyl (C=O) groups excluding carboxylic acids is 1. The van der Waals surface area contributed by atoms with E-state index in [1.807, 2.05) is 26.8 Å². The van der Waals surface area contributed by atoms with Gasteiger partial charge in [-0.25, -0.2) is 4.79 Å². The number of ether oxygens (including phenoxy) is 3. The first-order valence-corrected chi connectivity index (χ1v) is 7.21. The normalized spacial score (nSPS) is 25.4. The lowest BCUT2D eigenvalue weighted by Crippen LogP contribution is -2.35. The van der Waals surface area contributed by atoms with Crippen LogP contribution in [0.3, 0.4) is 0 Å². The van der Waals surface area contributed by atoms with Crippen LogP contribution in [0.2, 0.25) is 0 Å². The number of benzene rings is 1. The average molecular weight is 293 g/mol. The first-order valence-electron chi connectivity index (χ1n) is 7.21. The fourth-order valence-electron chi connectivity index (χ4n) is 2.75. The third-order valence-corrected chi connectivity index (χ3v) is 3.72. The molecular weight excluding hydrogens is 270 g/mol. The number of esters is 1. The summed E-state index contributed by atoms with van der Waals surface area (Å²) < 4.78 is 16.5. The molecule has 2 unspecified atom stereocenters. The van der Waals surface area contributed by atoms with Gasteiger partial charge < -0.3 is 19.9 Å². The van der Waals surface area contributed by atoms with Crippen molar-refractivity contribution >= 4 is 11.7 Å². The highest BCUT2D eigenvalue weighted by Gasteiger charge is 2.26. The van der Waals surface area contributed by atoms with Crippen molar-refractivity contribution in [2.24, 2.45) is 0 Å². The fourth-order valence-corrected chi connectivity index (χ4v) is 2.75. The van der Waals surface area contributed by atoms with Crippen LogP contribution in [0, 0.1) is 6.92 Å². The van der Waals surface area contributed by atoms with Gasteiger partial charge in [-0.3, -0.25) is 0 Å². The molecule has 1 aliphatic heterocycles. The third kappa shape index (κ3) is 3.67. The molecule has 0 amide bonds. The van der Waals surface area contributed by atoms with E-state index in [2.05, 4.69) is 0 Å². The third-order valence-electron chi connectivity index (χ3n) is 3.72. The Bertz CT molecular complexity index is 519. The van der Waals surface area contributed by atoms with E-state index in [4.69, 9.17) is 19.9 Å². The average Bonchev–Trinajstić information content (AvgIpc) is 2.40. The van der Waals surface area contributed by atoms with Gasteiger partial charge in [0, 0.05) is 18.5 Å². The quantitative estimate of drug-likeness (QED) is 0.685. The van der Waals surface area contributed by atoms with E-state index < -0.39 is 5.97 Å². The molecule has 1 aliphatic rings. The van der Waals surface area contributed by atoms with Crippen molar-refractivity contribution < 1.29 is 19.0 Å². The van der Waals surface area contributed by atoms with Gasteiger partial charge in [-0.15, -0.1) is 0 Å². The number of hydrogen-bond donors (Lipinski definition) is 1.